The fourth-order valence-corrected chi connectivity index (χ4v) is 6.04. The minimum atomic E-state index is 1.00. The van der Waals surface area contributed by atoms with Gasteiger partial charge in [-0.15, -0.1) is 0 Å². The first-order valence-corrected chi connectivity index (χ1v) is 19.0. The van der Waals surface area contributed by atoms with Gasteiger partial charge in [-0.3, -0.25) is 9.98 Å². The van der Waals surface area contributed by atoms with Gasteiger partial charge in [-0.25, -0.2) is 0 Å². The Morgan fingerprint density at radius 1 is 0.386 bits per heavy atom. The SMILES string of the molecule is CCCCCCCCC(=Nc1ccc(CCCC)c(CCCC)c1)C(CCCC)=Nc1ccc(CCCC)c(CCCC)c1. The van der Waals surface area contributed by atoms with Gasteiger partial charge in [0, 0.05) is 0 Å². The minimum Gasteiger partial charge on any atom is -0.252 e. The Labute approximate surface area is 273 Å². The average molecular weight is 601 g/mol. The van der Waals surface area contributed by atoms with E-state index in [1.54, 1.807) is 0 Å². The lowest BCUT2D eigenvalue weighted by atomic mass is 9.96. The molecule has 0 bridgehead atoms. The number of hydrogen-bond acceptors (Lipinski definition) is 2. The quantitative estimate of drug-likeness (QED) is 0.0800. The van der Waals surface area contributed by atoms with Crippen LogP contribution in [0.5, 0.6) is 0 Å². The molecule has 0 N–H and O–H groups in total. The highest BCUT2D eigenvalue weighted by Gasteiger charge is 2.13. The Morgan fingerprint density at radius 3 is 1.18 bits per heavy atom. The lowest BCUT2D eigenvalue weighted by molar-refractivity contribution is 0.616. The molecule has 246 valence electrons. The van der Waals surface area contributed by atoms with Crippen molar-refractivity contribution >= 4 is 22.8 Å². The summed E-state index contributed by atoms with van der Waals surface area (Å²) in [6.07, 6.45) is 26.8. The van der Waals surface area contributed by atoms with Gasteiger partial charge >= 0.3 is 0 Å². The van der Waals surface area contributed by atoms with Gasteiger partial charge in [0.1, 0.15) is 0 Å². The van der Waals surface area contributed by atoms with E-state index in [1.807, 2.05) is 0 Å². The lowest BCUT2D eigenvalue weighted by Gasteiger charge is -2.15. The Bertz CT molecular complexity index is 1090. The molecule has 0 spiro atoms. The summed E-state index contributed by atoms with van der Waals surface area (Å²) in [7, 11) is 0. The molecule has 0 fully saturated rings. The van der Waals surface area contributed by atoms with Crippen LogP contribution in [-0.2, 0) is 25.7 Å². The predicted molar refractivity (Wildman–Crippen MR) is 199 cm³/mol. The van der Waals surface area contributed by atoms with Crippen molar-refractivity contribution < 1.29 is 0 Å². The van der Waals surface area contributed by atoms with Gasteiger partial charge in [0.15, 0.2) is 0 Å². The van der Waals surface area contributed by atoms with Crippen molar-refractivity contribution in [3.63, 3.8) is 0 Å². The normalized spacial score (nSPS) is 12.3. The first-order chi connectivity index (χ1) is 21.6. The van der Waals surface area contributed by atoms with E-state index in [4.69, 9.17) is 9.98 Å². The van der Waals surface area contributed by atoms with Crippen molar-refractivity contribution in [2.24, 2.45) is 9.98 Å². The molecule has 2 aromatic rings. The van der Waals surface area contributed by atoms with Gasteiger partial charge in [0.25, 0.3) is 0 Å². The van der Waals surface area contributed by atoms with Crippen LogP contribution < -0.4 is 0 Å². The Balaban J connectivity index is 2.53. The minimum absolute atomic E-state index is 1.00. The van der Waals surface area contributed by atoms with Gasteiger partial charge in [-0.1, -0.05) is 118 Å². The van der Waals surface area contributed by atoms with Gasteiger partial charge in [0.05, 0.1) is 22.8 Å². The van der Waals surface area contributed by atoms with Crippen molar-refractivity contribution in [3.8, 4) is 0 Å². The van der Waals surface area contributed by atoms with Crippen LogP contribution >= 0.6 is 0 Å². The van der Waals surface area contributed by atoms with Crippen molar-refractivity contribution in [2.75, 3.05) is 0 Å². The zero-order chi connectivity index (χ0) is 31.8. The van der Waals surface area contributed by atoms with Crippen LogP contribution in [-0.4, -0.2) is 11.4 Å². The molecule has 0 aliphatic heterocycles. The molecule has 2 rings (SSSR count). The van der Waals surface area contributed by atoms with Gasteiger partial charge in [0.2, 0.25) is 0 Å². The topological polar surface area (TPSA) is 24.7 Å². The van der Waals surface area contributed by atoms with E-state index in [2.05, 4.69) is 77.9 Å². The third-order valence-corrected chi connectivity index (χ3v) is 8.97. The fraction of sp³-hybridized carbons (Fsp3) is 0.667. The van der Waals surface area contributed by atoms with Crippen LogP contribution in [0.15, 0.2) is 46.4 Å². The third kappa shape index (κ3) is 14.7. The van der Waals surface area contributed by atoms with E-state index in [-0.39, 0.29) is 0 Å². The van der Waals surface area contributed by atoms with Crippen LogP contribution in [0.4, 0.5) is 11.4 Å². The summed E-state index contributed by atoms with van der Waals surface area (Å²) in [5.74, 6) is 0. The number of hydrogen-bond donors (Lipinski definition) is 0. The maximum absolute atomic E-state index is 5.45. The lowest BCUT2D eigenvalue weighted by Crippen LogP contribution is -2.14. The maximum atomic E-state index is 5.45. The molecule has 0 radical (unpaired) electrons. The molecule has 0 atom stereocenters. The molecule has 0 heterocycles. The van der Waals surface area contributed by atoms with Crippen molar-refractivity contribution in [1.82, 2.24) is 0 Å². The second-order valence-electron chi connectivity index (χ2n) is 13.1. The highest BCUT2D eigenvalue weighted by Crippen LogP contribution is 2.26. The number of aliphatic imine (C=N–C) groups is 2. The third-order valence-electron chi connectivity index (χ3n) is 8.97. The van der Waals surface area contributed by atoms with Crippen molar-refractivity contribution in [2.45, 2.75) is 183 Å². The molecule has 44 heavy (non-hydrogen) atoms. The van der Waals surface area contributed by atoms with Crippen molar-refractivity contribution in [1.29, 1.82) is 0 Å². The maximum Gasteiger partial charge on any atom is 0.0636 e. The zero-order valence-corrected chi connectivity index (χ0v) is 29.9. The summed E-state index contributed by atoms with van der Waals surface area (Å²) in [6, 6.07) is 14.1. The molecular weight excluding hydrogens is 532 g/mol. The molecule has 2 heteroatoms. The highest BCUT2D eigenvalue weighted by atomic mass is 14.8. The van der Waals surface area contributed by atoms with Crippen LogP contribution in [0.1, 0.15) is 179 Å². The van der Waals surface area contributed by atoms with Crippen molar-refractivity contribution in [3.05, 3.63) is 58.7 Å². The van der Waals surface area contributed by atoms with Crippen LogP contribution in [0.3, 0.4) is 0 Å². The van der Waals surface area contributed by atoms with Crippen LogP contribution in [0.2, 0.25) is 0 Å². The molecule has 0 aliphatic carbocycles. The molecule has 0 aromatic heterocycles. The predicted octanol–water partition coefficient (Wildman–Crippen LogP) is 13.8. The number of rotatable bonds is 25. The monoisotopic (exact) mass is 601 g/mol. The summed E-state index contributed by atoms with van der Waals surface area (Å²) in [6.45, 7) is 13.8. The van der Waals surface area contributed by atoms with Crippen LogP contribution in [0, 0.1) is 0 Å². The first-order valence-electron chi connectivity index (χ1n) is 19.0. The molecule has 2 aromatic carbocycles. The van der Waals surface area contributed by atoms with E-state index < -0.39 is 0 Å². The van der Waals surface area contributed by atoms with Gasteiger partial charge < -0.3 is 0 Å². The highest BCUT2D eigenvalue weighted by molar-refractivity contribution is 6.43. The summed E-state index contributed by atoms with van der Waals surface area (Å²) >= 11 is 0. The largest absolute Gasteiger partial charge is 0.252 e. The Morgan fingerprint density at radius 2 is 0.750 bits per heavy atom. The second kappa shape index (κ2) is 24.1. The molecule has 2 nitrogen and oxygen atoms in total. The van der Waals surface area contributed by atoms with Gasteiger partial charge in [-0.2, -0.15) is 0 Å². The summed E-state index contributed by atoms with van der Waals surface area (Å²) < 4.78 is 0. The fourth-order valence-electron chi connectivity index (χ4n) is 6.04. The second-order valence-corrected chi connectivity index (χ2v) is 13.1. The average Bonchev–Trinajstić information content (AvgIpc) is 3.04. The van der Waals surface area contributed by atoms with E-state index in [9.17, 15) is 0 Å². The standard InChI is InChI=1S/C42H68N2/c1-7-13-19-20-21-22-28-42(44-40-32-30-36(24-15-9-3)38(34-40)26-17-11-5)41(27-18-12-6)43-39-31-29-35(23-14-8-2)37(33-39)25-16-10-4/h29-34H,7-28H2,1-6H3. The molecule has 0 amide bonds. The molecule has 0 saturated heterocycles. The van der Waals surface area contributed by atoms with E-state index >= 15 is 0 Å². The molecular formula is C42H68N2. The molecule has 0 aliphatic rings. The van der Waals surface area contributed by atoms with Gasteiger partial charge in [-0.05, 0) is 124 Å². The number of aryl methyl sites for hydroxylation is 4. The van der Waals surface area contributed by atoms with Crippen LogP contribution in [0.25, 0.3) is 0 Å². The Kier molecular flexibility index (Phi) is 20.8. The Hall–Kier alpha value is -2.22. The summed E-state index contributed by atoms with van der Waals surface area (Å²) in [4.78, 5) is 10.9. The van der Waals surface area contributed by atoms with E-state index in [0.717, 1.165) is 43.5 Å². The zero-order valence-electron chi connectivity index (χ0n) is 29.9. The number of benzene rings is 2. The number of unbranched alkanes of at least 4 members (excludes halogenated alkanes) is 10. The van der Waals surface area contributed by atoms with E-state index in [1.165, 1.54) is 143 Å². The first kappa shape index (κ1) is 38.0. The molecule has 0 saturated carbocycles. The van der Waals surface area contributed by atoms with E-state index in [0.29, 0.717) is 0 Å². The smallest absolute Gasteiger partial charge is 0.0636 e. The summed E-state index contributed by atoms with van der Waals surface area (Å²) in [5.41, 5.74) is 10.8. The number of nitrogens with zero attached hydrogens (tertiary/aromatic N) is 2. The summed E-state index contributed by atoms with van der Waals surface area (Å²) in [5, 5.41) is 0. The molecule has 0 unspecified atom stereocenters.